The van der Waals surface area contributed by atoms with E-state index in [1.165, 1.54) is 59.6 Å². The molecule has 2 heterocycles. The van der Waals surface area contributed by atoms with Crippen LogP contribution in [0.25, 0.3) is 0 Å². The molecule has 1 aliphatic heterocycles. The summed E-state index contributed by atoms with van der Waals surface area (Å²) < 4.78 is 0. The lowest BCUT2D eigenvalue weighted by molar-refractivity contribution is 0.465. The Kier molecular flexibility index (Phi) is 4.11. The number of fused-ring (bicyclic) bond motifs is 1. The Morgan fingerprint density at radius 2 is 2.22 bits per heavy atom. The molecule has 0 radical (unpaired) electrons. The van der Waals surface area contributed by atoms with Crippen molar-refractivity contribution in [2.75, 3.05) is 36.0 Å². The van der Waals surface area contributed by atoms with Gasteiger partial charge in [0.25, 0.3) is 0 Å². The van der Waals surface area contributed by atoms with Gasteiger partial charge in [0.05, 0.1) is 11.7 Å². The van der Waals surface area contributed by atoms with Gasteiger partial charge < -0.3 is 10.2 Å². The zero-order valence-electron chi connectivity index (χ0n) is 10.9. The van der Waals surface area contributed by atoms with Crippen molar-refractivity contribution in [2.24, 2.45) is 0 Å². The minimum Gasteiger partial charge on any atom is -0.346 e. The number of nitrogens with zero attached hydrogens (tertiary/aromatic N) is 2. The maximum absolute atomic E-state index is 4.95. The van der Waals surface area contributed by atoms with E-state index in [9.17, 15) is 0 Å². The minimum atomic E-state index is 0.503. The molecule has 0 amide bonds. The molecule has 100 valence electrons. The third-order valence-electron chi connectivity index (χ3n) is 3.68. The van der Waals surface area contributed by atoms with Crippen molar-refractivity contribution in [1.82, 2.24) is 10.3 Å². The van der Waals surface area contributed by atoms with Crippen molar-refractivity contribution in [1.29, 1.82) is 0 Å². The summed E-state index contributed by atoms with van der Waals surface area (Å²) in [5.74, 6) is 2.50. The van der Waals surface area contributed by atoms with E-state index in [0.717, 1.165) is 6.54 Å². The van der Waals surface area contributed by atoms with Crippen LogP contribution in [-0.4, -0.2) is 36.1 Å². The molecule has 1 saturated heterocycles. The van der Waals surface area contributed by atoms with Gasteiger partial charge >= 0.3 is 0 Å². The Balaban J connectivity index is 1.81. The number of rotatable bonds is 3. The molecule has 0 saturated carbocycles. The summed E-state index contributed by atoms with van der Waals surface area (Å²) in [5, 5.41) is 4.85. The molecule has 1 fully saturated rings. The number of hydrogen-bond donors (Lipinski definition) is 1. The van der Waals surface area contributed by atoms with Crippen molar-refractivity contribution >= 4 is 28.2 Å². The quantitative estimate of drug-likeness (QED) is 0.923. The number of nitrogens with one attached hydrogen (secondary N) is 1. The monoisotopic (exact) mass is 283 g/mol. The maximum Gasteiger partial charge on any atom is 0.185 e. The molecule has 5 heteroatoms. The van der Waals surface area contributed by atoms with Crippen LogP contribution < -0.4 is 10.2 Å². The number of hydrogen-bond acceptors (Lipinski definition) is 5. The Bertz CT molecular complexity index is 399. The van der Waals surface area contributed by atoms with E-state index in [4.69, 9.17) is 4.98 Å². The van der Waals surface area contributed by atoms with Crippen LogP contribution in [0.1, 0.15) is 36.4 Å². The highest BCUT2D eigenvalue weighted by molar-refractivity contribution is 7.99. The van der Waals surface area contributed by atoms with E-state index in [1.54, 1.807) is 0 Å². The largest absolute Gasteiger partial charge is 0.346 e. The van der Waals surface area contributed by atoms with Crippen molar-refractivity contribution < 1.29 is 0 Å². The zero-order chi connectivity index (χ0) is 12.4. The molecule has 0 spiro atoms. The lowest BCUT2D eigenvalue weighted by Crippen LogP contribution is -2.32. The third-order valence-corrected chi connectivity index (χ3v) is 5.81. The predicted molar refractivity (Wildman–Crippen MR) is 81.0 cm³/mol. The first-order chi connectivity index (χ1) is 8.88. The van der Waals surface area contributed by atoms with Crippen molar-refractivity contribution in [2.45, 2.75) is 32.2 Å². The summed E-state index contributed by atoms with van der Waals surface area (Å²) in [6, 6.07) is 0.503. The molecule has 0 bridgehead atoms. The van der Waals surface area contributed by atoms with Crippen LogP contribution in [0.3, 0.4) is 0 Å². The van der Waals surface area contributed by atoms with Crippen LogP contribution in [0, 0.1) is 0 Å². The summed E-state index contributed by atoms with van der Waals surface area (Å²) in [7, 11) is 0. The number of aryl methyl sites for hydroxylation is 1. The van der Waals surface area contributed by atoms with E-state index in [1.807, 2.05) is 11.3 Å². The van der Waals surface area contributed by atoms with Crippen molar-refractivity contribution in [3.8, 4) is 0 Å². The first-order valence-electron chi connectivity index (χ1n) is 6.94. The van der Waals surface area contributed by atoms with Gasteiger partial charge in [-0.15, -0.1) is 11.3 Å². The van der Waals surface area contributed by atoms with Crippen LogP contribution in [-0.2, 0) is 6.42 Å². The fraction of sp³-hybridized carbons (Fsp3) is 0.769. The molecule has 3 nitrogen and oxygen atoms in total. The number of thiazole rings is 1. The molecule has 1 N–H and O–H groups in total. The smallest absolute Gasteiger partial charge is 0.185 e. The normalized spacial score (nSPS) is 24.1. The molecular weight excluding hydrogens is 262 g/mol. The first-order valence-corrected chi connectivity index (χ1v) is 8.91. The highest BCUT2D eigenvalue weighted by atomic mass is 32.2. The van der Waals surface area contributed by atoms with Crippen molar-refractivity contribution in [3.63, 3.8) is 0 Å². The summed E-state index contributed by atoms with van der Waals surface area (Å²) in [4.78, 5) is 8.95. The Labute approximate surface area is 117 Å². The molecule has 1 aromatic heterocycles. The first kappa shape index (κ1) is 12.8. The summed E-state index contributed by atoms with van der Waals surface area (Å²) in [5.41, 5.74) is 1.35. The molecule has 2 aliphatic rings. The van der Waals surface area contributed by atoms with Gasteiger partial charge in [0.2, 0.25) is 0 Å². The Morgan fingerprint density at radius 3 is 3.00 bits per heavy atom. The minimum absolute atomic E-state index is 0.503. The van der Waals surface area contributed by atoms with Gasteiger partial charge in [-0.25, -0.2) is 4.98 Å². The van der Waals surface area contributed by atoms with Gasteiger partial charge in [0.15, 0.2) is 5.13 Å². The molecule has 18 heavy (non-hydrogen) atoms. The van der Waals surface area contributed by atoms with Gasteiger partial charge in [0, 0.05) is 29.5 Å². The van der Waals surface area contributed by atoms with Crippen molar-refractivity contribution in [3.05, 3.63) is 10.6 Å². The number of thioether (sulfide) groups is 1. The van der Waals surface area contributed by atoms with Gasteiger partial charge in [-0.3, -0.25) is 0 Å². The topological polar surface area (TPSA) is 28.2 Å². The molecule has 1 aliphatic carbocycles. The fourth-order valence-electron chi connectivity index (χ4n) is 2.74. The second-order valence-electron chi connectivity index (χ2n) is 4.91. The van der Waals surface area contributed by atoms with Gasteiger partial charge in [-0.05, 0) is 25.8 Å². The van der Waals surface area contributed by atoms with Gasteiger partial charge in [-0.2, -0.15) is 11.8 Å². The van der Waals surface area contributed by atoms with E-state index < -0.39 is 0 Å². The fourth-order valence-corrected chi connectivity index (χ4v) is 4.86. The second-order valence-corrected chi connectivity index (χ2v) is 7.19. The van der Waals surface area contributed by atoms with Gasteiger partial charge in [-0.1, -0.05) is 6.92 Å². The average molecular weight is 283 g/mol. The highest BCUT2D eigenvalue weighted by Crippen LogP contribution is 2.37. The second kappa shape index (κ2) is 5.80. The molecule has 1 aromatic rings. The molecule has 1 atom stereocenters. The number of anilines is 1. The molecule has 3 rings (SSSR count). The van der Waals surface area contributed by atoms with E-state index in [0.29, 0.717) is 6.04 Å². The van der Waals surface area contributed by atoms with Crippen LogP contribution in [0.2, 0.25) is 0 Å². The molecular formula is C13H21N3S2. The SMILES string of the molecule is CCNC1CCCc2sc(N3CCSCC3)nc21. The summed E-state index contributed by atoms with van der Waals surface area (Å²) in [6.45, 7) is 5.56. The summed E-state index contributed by atoms with van der Waals surface area (Å²) in [6.07, 6.45) is 3.79. The highest BCUT2D eigenvalue weighted by Gasteiger charge is 2.26. The van der Waals surface area contributed by atoms with Crippen LogP contribution in [0.4, 0.5) is 5.13 Å². The predicted octanol–water partition coefficient (Wildman–Crippen LogP) is 2.68. The molecule has 1 unspecified atom stereocenters. The van der Waals surface area contributed by atoms with Crippen LogP contribution >= 0.6 is 23.1 Å². The van der Waals surface area contributed by atoms with E-state index in [-0.39, 0.29) is 0 Å². The average Bonchev–Trinajstić information content (AvgIpc) is 2.85. The third kappa shape index (κ3) is 2.53. The Morgan fingerprint density at radius 1 is 1.39 bits per heavy atom. The molecule has 0 aromatic carbocycles. The number of aromatic nitrogens is 1. The zero-order valence-corrected chi connectivity index (χ0v) is 12.6. The maximum atomic E-state index is 4.95. The lowest BCUT2D eigenvalue weighted by atomic mass is 9.98. The Hall–Kier alpha value is -0.260. The summed E-state index contributed by atoms with van der Waals surface area (Å²) >= 11 is 4.00. The lowest BCUT2D eigenvalue weighted by Gasteiger charge is -2.25. The standard InChI is InChI=1S/C13H21N3S2/c1-2-14-10-4-3-5-11-12(10)15-13(18-11)16-6-8-17-9-7-16/h10,14H,2-9H2,1H3. The van der Waals surface area contributed by atoms with Crippen LogP contribution in [0.5, 0.6) is 0 Å². The van der Waals surface area contributed by atoms with Crippen LogP contribution in [0.15, 0.2) is 0 Å². The van der Waals surface area contributed by atoms with E-state index in [2.05, 4.69) is 28.9 Å². The van der Waals surface area contributed by atoms with E-state index >= 15 is 0 Å². The van der Waals surface area contributed by atoms with Gasteiger partial charge in [0.1, 0.15) is 0 Å².